The molecule has 1 fully saturated rings. The van der Waals surface area contributed by atoms with E-state index in [1.807, 2.05) is 35.2 Å². The molecule has 3 rings (SSSR count). The van der Waals surface area contributed by atoms with Gasteiger partial charge in [-0.3, -0.25) is 4.79 Å². The van der Waals surface area contributed by atoms with E-state index in [4.69, 9.17) is 9.47 Å². The fraction of sp³-hybridized carbons (Fsp3) is 0.412. The third-order valence-electron chi connectivity index (χ3n) is 4.21. The third kappa shape index (κ3) is 3.62. The number of rotatable bonds is 4. The second-order valence-corrected chi connectivity index (χ2v) is 5.69. The summed E-state index contributed by atoms with van der Waals surface area (Å²) in [7, 11) is 3.00. The van der Waals surface area contributed by atoms with Gasteiger partial charge in [0.05, 0.1) is 20.3 Å². The summed E-state index contributed by atoms with van der Waals surface area (Å²) < 4.78 is 10.3. The fourth-order valence-electron chi connectivity index (χ4n) is 2.91. The molecular formula is C17H21N5O3. The van der Waals surface area contributed by atoms with Gasteiger partial charge in [0.25, 0.3) is 0 Å². The molecular weight excluding hydrogens is 322 g/mol. The molecule has 0 N–H and O–H groups in total. The molecule has 1 aromatic heterocycles. The van der Waals surface area contributed by atoms with Gasteiger partial charge in [0.15, 0.2) is 0 Å². The Kier molecular flexibility index (Phi) is 4.97. The summed E-state index contributed by atoms with van der Waals surface area (Å²) in [5, 5.41) is 0. The molecule has 8 heteroatoms. The van der Waals surface area contributed by atoms with Crippen LogP contribution >= 0.6 is 0 Å². The molecule has 0 spiro atoms. The molecule has 1 saturated heterocycles. The zero-order chi connectivity index (χ0) is 17.8. The van der Waals surface area contributed by atoms with Crippen molar-refractivity contribution in [2.24, 2.45) is 0 Å². The van der Waals surface area contributed by atoms with Crippen LogP contribution in [0.2, 0.25) is 0 Å². The lowest BCUT2D eigenvalue weighted by molar-refractivity contribution is -0.129. The number of nitrogens with zero attached hydrogens (tertiary/aromatic N) is 5. The Morgan fingerprint density at radius 3 is 2.24 bits per heavy atom. The second-order valence-electron chi connectivity index (χ2n) is 5.69. The van der Waals surface area contributed by atoms with E-state index in [1.54, 1.807) is 6.92 Å². The average Bonchev–Trinajstić information content (AvgIpc) is 2.67. The molecule has 0 bridgehead atoms. The fourth-order valence-corrected chi connectivity index (χ4v) is 2.91. The minimum atomic E-state index is -0.0596. The molecule has 1 amide bonds. The summed E-state index contributed by atoms with van der Waals surface area (Å²) in [5.74, 6) is 0.534. The predicted molar refractivity (Wildman–Crippen MR) is 91.7 cm³/mol. The Bertz CT molecular complexity index is 718. The summed E-state index contributed by atoms with van der Waals surface area (Å²) in [6, 6.07) is 10.3. The standard InChI is InChI=1S/C17H21N5O3/c1-12(23)21-9-10-22(14(11-21)13-7-5-4-6-8-13)15-18-16(24-2)20-17(19-15)25-3/h4-8,14H,9-11H2,1-3H3/t14-/m1/s1. The van der Waals surface area contributed by atoms with Gasteiger partial charge < -0.3 is 19.3 Å². The van der Waals surface area contributed by atoms with Gasteiger partial charge in [0.2, 0.25) is 11.9 Å². The van der Waals surface area contributed by atoms with Crippen LogP contribution in [0.4, 0.5) is 5.95 Å². The predicted octanol–water partition coefficient (Wildman–Crippen LogP) is 1.30. The second kappa shape index (κ2) is 7.33. The van der Waals surface area contributed by atoms with Crippen molar-refractivity contribution in [1.82, 2.24) is 19.9 Å². The first-order valence-corrected chi connectivity index (χ1v) is 8.03. The number of ether oxygens (including phenoxy) is 2. The number of piperazine rings is 1. The highest BCUT2D eigenvalue weighted by atomic mass is 16.5. The third-order valence-corrected chi connectivity index (χ3v) is 4.21. The number of amides is 1. The molecule has 1 atom stereocenters. The van der Waals surface area contributed by atoms with Crippen molar-refractivity contribution in [2.75, 3.05) is 38.8 Å². The monoisotopic (exact) mass is 343 g/mol. The maximum atomic E-state index is 11.8. The van der Waals surface area contributed by atoms with Crippen LogP contribution in [0, 0.1) is 0 Å². The molecule has 1 aliphatic rings. The Balaban J connectivity index is 1.99. The molecule has 2 heterocycles. The van der Waals surface area contributed by atoms with E-state index in [0.717, 1.165) is 5.56 Å². The molecule has 0 radical (unpaired) electrons. The number of methoxy groups -OCH3 is 2. The van der Waals surface area contributed by atoms with Crippen LogP contribution in [0.15, 0.2) is 30.3 Å². The molecule has 8 nitrogen and oxygen atoms in total. The number of aromatic nitrogens is 3. The van der Waals surface area contributed by atoms with Crippen LogP contribution < -0.4 is 14.4 Å². The van der Waals surface area contributed by atoms with E-state index in [9.17, 15) is 4.79 Å². The van der Waals surface area contributed by atoms with Gasteiger partial charge in [-0.1, -0.05) is 30.3 Å². The van der Waals surface area contributed by atoms with Crippen molar-refractivity contribution in [3.8, 4) is 12.0 Å². The molecule has 25 heavy (non-hydrogen) atoms. The van der Waals surface area contributed by atoms with E-state index >= 15 is 0 Å². The number of carbonyl (C=O) groups is 1. The smallest absolute Gasteiger partial charge is 0.324 e. The van der Waals surface area contributed by atoms with Gasteiger partial charge in [0, 0.05) is 26.6 Å². The van der Waals surface area contributed by atoms with Crippen molar-refractivity contribution in [2.45, 2.75) is 13.0 Å². The lowest BCUT2D eigenvalue weighted by atomic mass is 10.0. The van der Waals surface area contributed by atoms with Gasteiger partial charge >= 0.3 is 12.0 Å². The Hall–Kier alpha value is -2.90. The molecule has 2 aromatic rings. The van der Waals surface area contributed by atoms with Crippen LogP contribution in [0.1, 0.15) is 18.5 Å². The SMILES string of the molecule is COc1nc(OC)nc(N2CCN(C(C)=O)C[C@@H]2c2ccccc2)n1. The van der Waals surface area contributed by atoms with Crippen molar-refractivity contribution in [1.29, 1.82) is 0 Å². The maximum Gasteiger partial charge on any atom is 0.324 e. The summed E-state index contributed by atoms with van der Waals surface area (Å²) in [5.41, 5.74) is 1.09. The number of carbonyl (C=O) groups excluding carboxylic acids is 1. The molecule has 1 aromatic carbocycles. The Morgan fingerprint density at radius 2 is 1.68 bits per heavy atom. The van der Waals surface area contributed by atoms with E-state index in [0.29, 0.717) is 25.6 Å². The Morgan fingerprint density at radius 1 is 1.04 bits per heavy atom. The summed E-state index contributed by atoms with van der Waals surface area (Å²) in [6.45, 7) is 3.37. The molecule has 132 valence electrons. The topological polar surface area (TPSA) is 80.7 Å². The van der Waals surface area contributed by atoms with E-state index in [2.05, 4.69) is 19.9 Å². The van der Waals surface area contributed by atoms with Crippen LogP contribution in [0.25, 0.3) is 0 Å². The normalized spacial score (nSPS) is 17.3. The molecule has 0 saturated carbocycles. The zero-order valence-corrected chi connectivity index (χ0v) is 14.5. The van der Waals surface area contributed by atoms with E-state index in [1.165, 1.54) is 14.2 Å². The lowest BCUT2D eigenvalue weighted by Gasteiger charge is -2.41. The quantitative estimate of drug-likeness (QED) is 0.827. The molecule has 0 unspecified atom stereocenters. The number of anilines is 1. The minimum absolute atomic E-state index is 0.0596. The van der Waals surface area contributed by atoms with Crippen molar-refractivity contribution in [3.05, 3.63) is 35.9 Å². The van der Waals surface area contributed by atoms with Gasteiger partial charge in [-0.2, -0.15) is 9.97 Å². The number of hydrogen-bond acceptors (Lipinski definition) is 7. The summed E-state index contributed by atoms with van der Waals surface area (Å²) >= 11 is 0. The summed E-state index contributed by atoms with van der Waals surface area (Å²) in [4.78, 5) is 28.5. The molecule has 0 aliphatic carbocycles. The van der Waals surface area contributed by atoms with Crippen LogP contribution in [-0.2, 0) is 4.79 Å². The lowest BCUT2D eigenvalue weighted by Crippen LogP contribution is -2.50. The number of benzene rings is 1. The van der Waals surface area contributed by atoms with E-state index < -0.39 is 0 Å². The van der Waals surface area contributed by atoms with Crippen LogP contribution in [-0.4, -0.2) is 59.6 Å². The van der Waals surface area contributed by atoms with E-state index in [-0.39, 0.29) is 24.0 Å². The largest absolute Gasteiger partial charge is 0.467 e. The zero-order valence-electron chi connectivity index (χ0n) is 14.5. The summed E-state index contributed by atoms with van der Waals surface area (Å²) in [6.07, 6.45) is 0. The maximum absolute atomic E-state index is 11.8. The first kappa shape index (κ1) is 16.9. The van der Waals surface area contributed by atoms with Crippen LogP contribution in [0.5, 0.6) is 12.0 Å². The minimum Gasteiger partial charge on any atom is -0.467 e. The highest BCUT2D eigenvalue weighted by Gasteiger charge is 2.31. The van der Waals surface area contributed by atoms with Crippen molar-refractivity contribution >= 4 is 11.9 Å². The van der Waals surface area contributed by atoms with Gasteiger partial charge in [-0.15, -0.1) is 4.98 Å². The van der Waals surface area contributed by atoms with Crippen molar-refractivity contribution < 1.29 is 14.3 Å². The highest BCUT2D eigenvalue weighted by molar-refractivity contribution is 5.73. The average molecular weight is 343 g/mol. The first-order valence-electron chi connectivity index (χ1n) is 8.03. The first-order chi connectivity index (χ1) is 12.1. The van der Waals surface area contributed by atoms with Gasteiger partial charge in [0.1, 0.15) is 0 Å². The van der Waals surface area contributed by atoms with Crippen molar-refractivity contribution in [3.63, 3.8) is 0 Å². The molecule has 1 aliphatic heterocycles. The highest BCUT2D eigenvalue weighted by Crippen LogP contribution is 2.30. The number of hydrogen-bond donors (Lipinski definition) is 0. The van der Waals surface area contributed by atoms with Crippen LogP contribution in [0.3, 0.4) is 0 Å². The Labute approximate surface area is 146 Å². The van der Waals surface area contributed by atoms with Gasteiger partial charge in [-0.25, -0.2) is 0 Å². The van der Waals surface area contributed by atoms with Gasteiger partial charge in [-0.05, 0) is 5.56 Å².